The molecule has 0 aliphatic carbocycles. The molecule has 0 spiro atoms. The van der Waals surface area contributed by atoms with Crippen LogP contribution in [0.15, 0.2) is 54.6 Å². The van der Waals surface area contributed by atoms with Crippen molar-refractivity contribution in [2.24, 2.45) is 0 Å². The van der Waals surface area contributed by atoms with Crippen molar-refractivity contribution >= 4 is 5.91 Å². The lowest BCUT2D eigenvalue weighted by Gasteiger charge is -2.44. The maximum atomic E-state index is 11.4. The first-order valence-corrected chi connectivity index (χ1v) is 9.62. The van der Waals surface area contributed by atoms with Gasteiger partial charge in [-0.1, -0.05) is 42.5 Å². The highest BCUT2D eigenvalue weighted by Crippen LogP contribution is 2.19. The molecule has 27 heavy (non-hydrogen) atoms. The molecule has 0 bridgehead atoms. The first-order valence-electron chi connectivity index (χ1n) is 9.62. The van der Waals surface area contributed by atoms with Crippen LogP contribution in [0, 0.1) is 0 Å². The molecule has 1 aliphatic rings. The van der Waals surface area contributed by atoms with E-state index in [2.05, 4.69) is 54.0 Å². The summed E-state index contributed by atoms with van der Waals surface area (Å²) in [7, 11) is 0. The van der Waals surface area contributed by atoms with E-state index in [1.165, 1.54) is 11.1 Å². The largest absolute Gasteiger partial charge is 0.300 e. The van der Waals surface area contributed by atoms with Crippen LogP contribution in [0.4, 0.5) is 0 Å². The van der Waals surface area contributed by atoms with Crippen molar-refractivity contribution in [3.8, 4) is 0 Å². The van der Waals surface area contributed by atoms with Gasteiger partial charge in [-0.3, -0.25) is 19.8 Å². The third-order valence-electron chi connectivity index (χ3n) is 5.42. The van der Waals surface area contributed by atoms with Gasteiger partial charge in [0.25, 0.3) is 5.91 Å². The number of nitrogens with zero attached hydrogens (tertiary/aromatic N) is 2. The molecule has 0 radical (unpaired) electrons. The molecular weight excluding hydrogens is 338 g/mol. The van der Waals surface area contributed by atoms with Crippen LogP contribution in [-0.2, 0) is 13.0 Å². The second-order valence-electron chi connectivity index (χ2n) is 7.50. The minimum Gasteiger partial charge on any atom is -0.300 e. The number of carbonyl (C=O) groups is 1. The van der Waals surface area contributed by atoms with Gasteiger partial charge >= 0.3 is 0 Å². The highest BCUT2D eigenvalue weighted by molar-refractivity contribution is 5.93. The lowest BCUT2D eigenvalue weighted by Crippen LogP contribution is -2.56. The van der Waals surface area contributed by atoms with Crippen LogP contribution >= 0.6 is 0 Å². The number of nitrogens with one attached hydrogen (secondary N) is 1. The van der Waals surface area contributed by atoms with Gasteiger partial charge in [-0.05, 0) is 43.5 Å². The van der Waals surface area contributed by atoms with Crippen molar-refractivity contribution in [1.29, 1.82) is 0 Å². The zero-order valence-corrected chi connectivity index (χ0v) is 16.1. The zero-order valence-electron chi connectivity index (χ0n) is 16.1. The van der Waals surface area contributed by atoms with E-state index in [9.17, 15) is 4.79 Å². The Morgan fingerprint density at radius 1 is 1.00 bits per heavy atom. The third kappa shape index (κ3) is 5.16. The SMILES string of the molecule is C[C@@H]1CN(CCc2ccc(C(=O)NO)cc2)C[C@H](C)N1Cc1ccccc1. The van der Waals surface area contributed by atoms with Crippen molar-refractivity contribution in [3.63, 3.8) is 0 Å². The summed E-state index contributed by atoms with van der Waals surface area (Å²) in [4.78, 5) is 16.5. The number of rotatable bonds is 6. The summed E-state index contributed by atoms with van der Waals surface area (Å²) in [6, 6.07) is 19.2. The van der Waals surface area contributed by atoms with Crippen molar-refractivity contribution in [3.05, 3.63) is 71.3 Å². The highest BCUT2D eigenvalue weighted by Gasteiger charge is 2.28. The molecule has 0 saturated carbocycles. The topological polar surface area (TPSA) is 55.8 Å². The van der Waals surface area contributed by atoms with Crippen LogP contribution in [0.1, 0.15) is 35.3 Å². The van der Waals surface area contributed by atoms with Crippen LogP contribution in [0.3, 0.4) is 0 Å². The number of amides is 1. The molecule has 3 rings (SSSR count). The second-order valence-corrected chi connectivity index (χ2v) is 7.50. The number of hydrogen-bond acceptors (Lipinski definition) is 4. The molecule has 2 aromatic rings. The standard InChI is InChI=1S/C22H29N3O2/c1-17-14-24(13-12-19-8-10-21(11-9-19)22(26)23-27)15-18(2)25(17)16-20-6-4-3-5-7-20/h3-11,17-18,27H,12-16H2,1-2H3,(H,23,26)/t17-,18+. The number of hydrogen-bond donors (Lipinski definition) is 2. The van der Waals surface area contributed by atoms with Gasteiger partial charge in [0.2, 0.25) is 0 Å². The molecule has 1 amide bonds. The van der Waals surface area contributed by atoms with Gasteiger partial charge in [-0.25, -0.2) is 5.48 Å². The summed E-state index contributed by atoms with van der Waals surface area (Å²) in [5.41, 5.74) is 4.71. The van der Waals surface area contributed by atoms with E-state index in [-0.39, 0.29) is 0 Å². The van der Waals surface area contributed by atoms with Crippen LogP contribution < -0.4 is 5.48 Å². The van der Waals surface area contributed by atoms with Gasteiger partial charge in [0.1, 0.15) is 0 Å². The monoisotopic (exact) mass is 367 g/mol. The van der Waals surface area contributed by atoms with Crippen LogP contribution in [0.25, 0.3) is 0 Å². The maximum absolute atomic E-state index is 11.4. The molecule has 0 aromatic heterocycles. The van der Waals surface area contributed by atoms with E-state index in [1.807, 2.05) is 12.1 Å². The summed E-state index contributed by atoms with van der Waals surface area (Å²) in [6.45, 7) is 8.79. The number of piperazine rings is 1. The molecule has 144 valence electrons. The molecule has 1 saturated heterocycles. The highest BCUT2D eigenvalue weighted by atomic mass is 16.5. The first kappa shape index (κ1) is 19.5. The predicted molar refractivity (Wildman–Crippen MR) is 107 cm³/mol. The molecule has 1 heterocycles. The Balaban J connectivity index is 1.52. The Morgan fingerprint density at radius 2 is 1.63 bits per heavy atom. The summed E-state index contributed by atoms with van der Waals surface area (Å²) in [5, 5.41) is 8.69. The Labute approximate surface area is 161 Å². The summed E-state index contributed by atoms with van der Waals surface area (Å²) >= 11 is 0. The van der Waals surface area contributed by atoms with Gasteiger partial charge in [-0.15, -0.1) is 0 Å². The Hall–Kier alpha value is -2.21. The van der Waals surface area contributed by atoms with Crippen LogP contribution in [0.5, 0.6) is 0 Å². The summed E-state index contributed by atoms with van der Waals surface area (Å²) < 4.78 is 0. The molecule has 0 unspecified atom stereocenters. The van der Waals surface area contributed by atoms with E-state index in [0.29, 0.717) is 17.6 Å². The van der Waals surface area contributed by atoms with Crippen LogP contribution in [-0.4, -0.2) is 52.6 Å². The van der Waals surface area contributed by atoms with E-state index in [0.717, 1.165) is 32.6 Å². The smallest absolute Gasteiger partial charge is 0.274 e. The minimum atomic E-state index is -0.473. The number of carbonyl (C=O) groups excluding carboxylic acids is 1. The van der Waals surface area contributed by atoms with Gasteiger partial charge in [-0.2, -0.15) is 0 Å². The fourth-order valence-electron chi connectivity index (χ4n) is 3.93. The Kier molecular flexibility index (Phi) is 6.61. The Morgan fingerprint density at radius 3 is 2.22 bits per heavy atom. The average molecular weight is 367 g/mol. The third-order valence-corrected chi connectivity index (χ3v) is 5.42. The molecule has 5 nitrogen and oxygen atoms in total. The average Bonchev–Trinajstić information content (AvgIpc) is 2.70. The van der Waals surface area contributed by atoms with E-state index in [4.69, 9.17) is 5.21 Å². The second kappa shape index (κ2) is 9.13. The van der Waals surface area contributed by atoms with E-state index in [1.54, 1.807) is 17.6 Å². The minimum absolute atomic E-state index is 0.470. The zero-order chi connectivity index (χ0) is 19.2. The van der Waals surface area contributed by atoms with Gasteiger partial charge < -0.3 is 0 Å². The number of hydroxylamine groups is 1. The van der Waals surface area contributed by atoms with Crippen LogP contribution in [0.2, 0.25) is 0 Å². The van der Waals surface area contributed by atoms with Gasteiger partial charge in [0.15, 0.2) is 0 Å². The molecule has 5 heteroatoms. The molecular formula is C22H29N3O2. The van der Waals surface area contributed by atoms with E-state index >= 15 is 0 Å². The molecule has 1 aliphatic heterocycles. The molecule has 2 atom stereocenters. The van der Waals surface area contributed by atoms with Gasteiger partial charge in [0, 0.05) is 43.8 Å². The lowest BCUT2D eigenvalue weighted by molar-refractivity contribution is 0.0335. The normalized spacial score (nSPS) is 21.1. The maximum Gasteiger partial charge on any atom is 0.274 e. The van der Waals surface area contributed by atoms with Crippen molar-refractivity contribution in [1.82, 2.24) is 15.3 Å². The summed E-state index contributed by atoms with van der Waals surface area (Å²) in [6.07, 6.45) is 0.957. The van der Waals surface area contributed by atoms with Crippen molar-refractivity contribution < 1.29 is 10.0 Å². The van der Waals surface area contributed by atoms with Gasteiger partial charge in [0.05, 0.1) is 0 Å². The van der Waals surface area contributed by atoms with E-state index < -0.39 is 5.91 Å². The quantitative estimate of drug-likeness (QED) is 0.609. The number of benzene rings is 2. The van der Waals surface area contributed by atoms with Crippen molar-refractivity contribution in [2.45, 2.75) is 38.9 Å². The Bertz CT molecular complexity index is 721. The predicted octanol–water partition coefficient (Wildman–Crippen LogP) is 2.94. The first-order chi connectivity index (χ1) is 13.1. The fraction of sp³-hybridized carbons (Fsp3) is 0.409. The molecule has 2 aromatic carbocycles. The van der Waals surface area contributed by atoms with Crippen molar-refractivity contribution in [2.75, 3.05) is 19.6 Å². The summed E-state index contributed by atoms with van der Waals surface area (Å²) in [5.74, 6) is -0.473. The molecule has 1 fully saturated rings. The molecule has 2 N–H and O–H groups in total. The lowest BCUT2D eigenvalue weighted by atomic mass is 10.0. The fourth-order valence-corrected chi connectivity index (χ4v) is 3.93.